The highest BCUT2D eigenvalue weighted by Crippen LogP contribution is 2.43. The molecule has 2 atom stereocenters. The molecule has 3 rings (SSSR count). The molecule has 0 bridgehead atoms. The number of esters is 1. The molecule has 2 aromatic rings. The summed E-state index contributed by atoms with van der Waals surface area (Å²) >= 11 is 6.35. The number of benzene rings is 2. The number of para-hydroxylation sites is 1. The van der Waals surface area contributed by atoms with Gasteiger partial charge in [-0.05, 0) is 31.2 Å². The summed E-state index contributed by atoms with van der Waals surface area (Å²) < 4.78 is 22.8. The minimum absolute atomic E-state index is 0.137. The summed E-state index contributed by atoms with van der Waals surface area (Å²) in [5, 5.41) is 7.98. The number of ether oxygens (including phenoxy) is 4. The van der Waals surface area contributed by atoms with Crippen LogP contribution in [0.25, 0.3) is 0 Å². The number of nitrogens with zero attached hydrogens (tertiary/aromatic N) is 1. The van der Waals surface area contributed by atoms with Crippen LogP contribution in [-0.4, -0.2) is 44.6 Å². The maximum absolute atomic E-state index is 12.5. The quantitative estimate of drug-likeness (QED) is 0.408. The topological polar surface area (TPSA) is 107 Å². The number of hydrazone groups is 1. The van der Waals surface area contributed by atoms with E-state index in [9.17, 15) is 9.59 Å². The second-order valence-corrected chi connectivity index (χ2v) is 8.52. The third kappa shape index (κ3) is 6.23. The summed E-state index contributed by atoms with van der Waals surface area (Å²) in [7, 11) is 3.09. The molecule has 188 valence electrons. The number of carbonyl (C=O) groups is 2. The number of halogens is 1. The van der Waals surface area contributed by atoms with Gasteiger partial charge in [-0.1, -0.05) is 37.6 Å². The summed E-state index contributed by atoms with van der Waals surface area (Å²) in [4.78, 5) is 24.7. The molecule has 1 amide bonds. The first-order valence-electron chi connectivity index (χ1n) is 11.2. The summed E-state index contributed by atoms with van der Waals surface area (Å²) in [6, 6.07) is 10.7. The fraction of sp³-hybridized carbons (Fsp3) is 0.400. The van der Waals surface area contributed by atoms with Crippen LogP contribution in [0.4, 0.5) is 5.69 Å². The minimum Gasteiger partial charge on any atom is -0.493 e. The number of rotatable bonds is 8. The Bertz CT molecular complexity index is 1100. The first-order chi connectivity index (χ1) is 16.8. The van der Waals surface area contributed by atoms with Gasteiger partial charge in [-0.15, -0.1) is 0 Å². The number of hydrogen-bond acceptors (Lipinski definition) is 7. The van der Waals surface area contributed by atoms with Crippen molar-refractivity contribution >= 4 is 35.0 Å². The Balaban J connectivity index is 2.15. The summed E-state index contributed by atoms with van der Waals surface area (Å²) in [5.41, 5.74) is 4.54. The van der Waals surface area contributed by atoms with Crippen LogP contribution in [0.1, 0.15) is 44.4 Å². The highest BCUT2D eigenvalue weighted by atomic mass is 35.5. The van der Waals surface area contributed by atoms with E-state index >= 15 is 0 Å². The molecule has 0 saturated heterocycles. The molecule has 0 aliphatic carbocycles. The van der Waals surface area contributed by atoms with Crippen LogP contribution in [0.2, 0.25) is 5.02 Å². The van der Waals surface area contributed by atoms with E-state index in [0.717, 1.165) is 0 Å². The molecule has 10 heteroatoms. The summed E-state index contributed by atoms with van der Waals surface area (Å²) in [6.45, 7) is 5.46. The fourth-order valence-electron chi connectivity index (χ4n) is 3.60. The van der Waals surface area contributed by atoms with Gasteiger partial charge in [0.15, 0.2) is 17.3 Å². The first kappa shape index (κ1) is 26.3. The Labute approximate surface area is 209 Å². The van der Waals surface area contributed by atoms with Gasteiger partial charge in [-0.2, -0.15) is 5.10 Å². The Morgan fingerprint density at radius 3 is 2.60 bits per heavy atom. The summed E-state index contributed by atoms with van der Waals surface area (Å²) in [5.74, 6) is 0.224. The molecule has 0 spiro atoms. The van der Waals surface area contributed by atoms with Gasteiger partial charge in [0.05, 0.1) is 27.2 Å². The lowest BCUT2D eigenvalue weighted by molar-refractivity contribution is -0.145. The maximum Gasteiger partial charge on any atom is 0.308 e. The molecule has 0 aromatic heterocycles. The van der Waals surface area contributed by atoms with Crippen molar-refractivity contribution in [1.82, 2.24) is 5.43 Å². The van der Waals surface area contributed by atoms with E-state index in [1.807, 2.05) is 12.1 Å². The van der Waals surface area contributed by atoms with Crippen LogP contribution in [0, 0.1) is 5.92 Å². The van der Waals surface area contributed by atoms with Crippen LogP contribution in [0.3, 0.4) is 0 Å². The minimum atomic E-state index is -0.881. The molecule has 1 heterocycles. The SMILES string of the molecule is CCOC(=O)C[C@H]1O[C@H](c2cccc(OC)c2OC)c2cc(Cl)ccc2N/C1=N\NC(=O)C(C)C. The van der Waals surface area contributed by atoms with Crippen LogP contribution in [-0.2, 0) is 19.1 Å². The number of amides is 1. The average molecular weight is 504 g/mol. The third-order valence-corrected chi connectivity index (χ3v) is 5.58. The summed E-state index contributed by atoms with van der Waals surface area (Å²) in [6.07, 6.45) is -1.73. The highest BCUT2D eigenvalue weighted by Gasteiger charge is 2.34. The van der Waals surface area contributed by atoms with Crippen molar-refractivity contribution in [3.05, 3.63) is 52.5 Å². The van der Waals surface area contributed by atoms with Crippen LogP contribution in [0.5, 0.6) is 11.5 Å². The standard InChI is InChI=1S/C25H30ClN3O6/c1-6-34-21(30)13-20-24(28-29-25(31)14(2)3)27-18-11-10-15(26)12-17(18)22(35-20)16-8-7-9-19(32-4)23(16)33-5/h7-12,14,20,22H,6,13H2,1-5H3,(H,27,28)(H,29,31)/t20-,22-/m1/s1. The number of hydrogen-bond donors (Lipinski definition) is 2. The van der Waals surface area contributed by atoms with Gasteiger partial charge in [0.25, 0.3) is 0 Å². The second-order valence-electron chi connectivity index (χ2n) is 8.08. The Hall–Kier alpha value is -3.30. The molecule has 2 N–H and O–H groups in total. The Morgan fingerprint density at radius 2 is 1.94 bits per heavy atom. The molecule has 35 heavy (non-hydrogen) atoms. The molecule has 1 aliphatic heterocycles. The van der Waals surface area contributed by atoms with Gasteiger partial charge in [0.1, 0.15) is 12.2 Å². The zero-order chi connectivity index (χ0) is 25.5. The number of carbonyl (C=O) groups excluding carboxylic acids is 2. The normalized spacial score (nSPS) is 18.3. The average Bonchev–Trinajstić information content (AvgIpc) is 2.98. The van der Waals surface area contributed by atoms with Gasteiger partial charge in [-0.25, -0.2) is 5.43 Å². The number of fused-ring (bicyclic) bond motifs is 1. The number of nitrogens with one attached hydrogen (secondary N) is 2. The van der Waals surface area contributed by atoms with E-state index in [0.29, 0.717) is 33.3 Å². The van der Waals surface area contributed by atoms with E-state index in [1.54, 1.807) is 59.3 Å². The van der Waals surface area contributed by atoms with E-state index in [1.165, 1.54) is 0 Å². The van der Waals surface area contributed by atoms with E-state index in [2.05, 4.69) is 15.8 Å². The van der Waals surface area contributed by atoms with Crippen molar-refractivity contribution in [3.63, 3.8) is 0 Å². The molecule has 0 saturated carbocycles. The Kier molecular flexibility index (Phi) is 8.95. The molecule has 0 fully saturated rings. The van der Waals surface area contributed by atoms with E-state index in [-0.39, 0.29) is 30.7 Å². The monoisotopic (exact) mass is 503 g/mol. The van der Waals surface area contributed by atoms with Gasteiger partial charge in [0.2, 0.25) is 5.91 Å². The number of amidine groups is 1. The van der Waals surface area contributed by atoms with Crippen molar-refractivity contribution in [1.29, 1.82) is 0 Å². The second kappa shape index (κ2) is 11.9. The Morgan fingerprint density at radius 1 is 1.17 bits per heavy atom. The molecule has 1 aliphatic rings. The lowest BCUT2D eigenvalue weighted by Gasteiger charge is -2.24. The number of methoxy groups -OCH3 is 2. The largest absolute Gasteiger partial charge is 0.493 e. The van der Waals surface area contributed by atoms with Crippen LogP contribution < -0.4 is 20.2 Å². The zero-order valence-corrected chi connectivity index (χ0v) is 21.1. The van der Waals surface area contributed by atoms with Crippen molar-refractivity contribution in [2.45, 2.75) is 39.4 Å². The van der Waals surface area contributed by atoms with Crippen molar-refractivity contribution < 1.29 is 28.5 Å². The first-order valence-corrected chi connectivity index (χ1v) is 11.6. The van der Waals surface area contributed by atoms with E-state index in [4.69, 9.17) is 30.5 Å². The molecule has 0 radical (unpaired) electrons. The number of anilines is 1. The lowest BCUT2D eigenvalue weighted by Crippen LogP contribution is -2.35. The smallest absolute Gasteiger partial charge is 0.308 e. The van der Waals surface area contributed by atoms with E-state index < -0.39 is 18.2 Å². The van der Waals surface area contributed by atoms with Crippen LogP contribution in [0.15, 0.2) is 41.5 Å². The third-order valence-electron chi connectivity index (χ3n) is 5.35. The van der Waals surface area contributed by atoms with Crippen molar-refractivity contribution in [2.75, 3.05) is 26.1 Å². The maximum atomic E-state index is 12.5. The highest BCUT2D eigenvalue weighted by molar-refractivity contribution is 6.30. The molecule has 2 aromatic carbocycles. The lowest BCUT2D eigenvalue weighted by atomic mass is 9.98. The fourth-order valence-corrected chi connectivity index (χ4v) is 3.79. The van der Waals surface area contributed by atoms with Gasteiger partial charge >= 0.3 is 5.97 Å². The molecular weight excluding hydrogens is 474 g/mol. The van der Waals surface area contributed by atoms with Gasteiger partial charge in [0, 0.05) is 27.8 Å². The molecule has 0 unspecified atom stereocenters. The van der Waals surface area contributed by atoms with Gasteiger partial charge in [-0.3, -0.25) is 9.59 Å². The predicted octanol–water partition coefficient (Wildman–Crippen LogP) is 4.30. The van der Waals surface area contributed by atoms with Crippen molar-refractivity contribution in [2.24, 2.45) is 11.0 Å². The molecule has 9 nitrogen and oxygen atoms in total. The van der Waals surface area contributed by atoms with Gasteiger partial charge < -0.3 is 24.3 Å². The predicted molar refractivity (Wildman–Crippen MR) is 133 cm³/mol. The van der Waals surface area contributed by atoms with Crippen LogP contribution >= 0.6 is 11.6 Å². The molecular formula is C25H30ClN3O6. The zero-order valence-electron chi connectivity index (χ0n) is 20.4. The van der Waals surface area contributed by atoms with Crippen molar-refractivity contribution in [3.8, 4) is 11.5 Å².